The Labute approximate surface area is 112 Å². The monoisotopic (exact) mass is 314 g/mol. The summed E-state index contributed by atoms with van der Waals surface area (Å²) in [5.74, 6) is -1.02. The summed E-state index contributed by atoms with van der Waals surface area (Å²) in [5, 5.41) is 0. The van der Waals surface area contributed by atoms with Gasteiger partial charge in [-0.2, -0.15) is 21.6 Å². The number of ether oxygens (including phenoxy) is 2. The lowest BCUT2D eigenvalue weighted by molar-refractivity contribution is -0.0500. The van der Waals surface area contributed by atoms with E-state index in [2.05, 4.69) is 4.18 Å². The standard InChI is InChI=1S/C10H9F3O6S/c1-17-8-4-3-7(6(5-14)9(8)18-2)19-20(15,16)10(11,12)13/h3-5H,1-2H3. The lowest BCUT2D eigenvalue weighted by Gasteiger charge is -2.14. The molecule has 0 unspecified atom stereocenters. The van der Waals surface area contributed by atoms with Gasteiger partial charge in [0.25, 0.3) is 0 Å². The maximum absolute atomic E-state index is 12.2. The van der Waals surface area contributed by atoms with Crippen LogP contribution in [0.2, 0.25) is 0 Å². The molecule has 0 spiro atoms. The Morgan fingerprint density at radius 3 is 2.05 bits per heavy atom. The molecule has 1 aromatic rings. The quantitative estimate of drug-likeness (QED) is 0.468. The maximum atomic E-state index is 12.2. The van der Waals surface area contributed by atoms with E-state index in [9.17, 15) is 26.4 Å². The van der Waals surface area contributed by atoms with Gasteiger partial charge >= 0.3 is 15.6 Å². The predicted octanol–water partition coefficient (Wildman–Crippen LogP) is 1.74. The highest BCUT2D eigenvalue weighted by atomic mass is 32.2. The molecule has 20 heavy (non-hydrogen) atoms. The molecule has 0 aromatic heterocycles. The van der Waals surface area contributed by atoms with Gasteiger partial charge in [-0.15, -0.1) is 0 Å². The van der Waals surface area contributed by atoms with Gasteiger partial charge in [0.05, 0.1) is 14.2 Å². The van der Waals surface area contributed by atoms with Crippen LogP contribution in [0.5, 0.6) is 17.2 Å². The van der Waals surface area contributed by atoms with Crippen LogP contribution in [-0.4, -0.2) is 34.4 Å². The second-order valence-electron chi connectivity index (χ2n) is 3.31. The number of hydrogen-bond donors (Lipinski definition) is 0. The molecule has 0 amide bonds. The number of carbonyl (C=O) groups is 1. The molecule has 0 N–H and O–H groups in total. The first-order valence-corrected chi connectivity index (χ1v) is 6.29. The van der Waals surface area contributed by atoms with Gasteiger partial charge in [0.2, 0.25) is 0 Å². The molecule has 0 fully saturated rings. The van der Waals surface area contributed by atoms with Crippen molar-refractivity contribution in [2.45, 2.75) is 5.51 Å². The molecule has 10 heteroatoms. The highest BCUT2D eigenvalue weighted by Crippen LogP contribution is 2.38. The first-order chi connectivity index (χ1) is 9.17. The molecule has 0 aliphatic heterocycles. The summed E-state index contributed by atoms with van der Waals surface area (Å²) in [5.41, 5.74) is -6.12. The third-order valence-electron chi connectivity index (χ3n) is 2.14. The Morgan fingerprint density at radius 1 is 1.10 bits per heavy atom. The van der Waals surface area contributed by atoms with Gasteiger partial charge in [0.1, 0.15) is 5.56 Å². The van der Waals surface area contributed by atoms with E-state index in [0.717, 1.165) is 19.2 Å². The molecule has 1 rings (SSSR count). The van der Waals surface area contributed by atoms with Crippen LogP contribution < -0.4 is 13.7 Å². The Balaban J connectivity index is 3.38. The summed E-state index contributed by atoms with van der Waals surface area (Å²) in [7, 11) is -3.52. The third kappa shape index (κ3) is 2.95. The van der Waals surface area contributed by atoms with E-state index in [1.807, 2.05) is 0 Å². The molecule has 112 valence electrons. The number of hydrogen-bond acceptors (Lipinski definition) is 6. The highest BCUT2D eigenvalue weighted by Gasteiger charge is 2.49. The predicted molar refractivity (Wildman–Crippen MR) is 60.5 cm³/mol. The normalized spacial score (nSPS) is 11.8. The number of halogens is 3. The van der Waals surface area contributed by atoms with E-state index < -0.39 is 26.9 Å². The SMILES string of the molecule is COc1ccc(OS(=O)(=O)C(F)(F)F)c(C=O)c1OC. The molecule has 0 atom stereocenters. The van der Waals surface area contributed by atoms with Crippen molar-refractivity contribution in [1.82, 2.24) is 0 Å². The van der Waals surface area contributed by atoms with Crippen molar-refractivity contribution in [3.63, 3.8) is 0 Å². The third-order valence-corrected chi connectivity index (χ3v) is 3.11. The van der Waals surface area contributed by atoms with Crippen LogP contribution in [0.1, 0.15) is 10.4 Å². The second kappa shape index (κ2) is 5.57. The fraction of sp³-hybridized carbons (Fsp3) is 0.300. The number of benzene rings is 1. The molecular weight excluding hydrogens is 305 g/mol. The number of rotatable bonds is 5. The Kier molecular flexibility index (Phi) is 4.48. The molecule has 0 aliphatic rings. The van der Waals surface area contributed by atoms with Gasteiger partial charge in [0, 0.05) is 0 Å². The minimum absolute atomic E-state index is 0.0337. The van der Waals surface area contributed by atoms with Crippen molar-refractivity contribution in [3.8, 4) is 17.2 Å². The van der Waals surface area contributed by atoms with Gasteiger partial charge in [-0.25, -0.2) is 0 Å². The summed E-state index contributed by atoms with van der Waals surface area (Å²) in [4.78, 5) is 10.9. The molecule has 0 bridgehead atoms. The lowest BCUT2D eigenvalue weighted by atomic mass is 10.2. The minimum Gasteiger partial charge on any atom is -0.493 e. The lowest BCUT2D eigenvalue weighted by Crippen LogP contribution is -2.28. The first-order valence-electron chi connectivity index (χ1n) is 4.89. The summed E-state index contributed by atoms with van der Waals surface area (Å²) < 4.78 is 72.0. The first kappa shape index (κ1) is 16.1. The zero-order valence-corrected chi connectivity index (χ0v) is 11.0. The number of carbonyl (C=O) groups excluding carboxylic acids is 1. The van der Waals surface area contributed by atoms with Crippen molar-refractivity contribution in [3.05, 3.63) is 17.7 Å². The van der Waals surface area contributed by atoms with Crippen molar-refractivity contribution < 1.29 is 40.0 Å². The topological polar surface area (TPSA) is 78.9 Å². The Morgan fingerprint density at radius 2 is 1.65 bits per heavy atom. The zero-order chi connectivity index (χ0) is 15.6. The summed E-state index contributed by atoms with van der Waals surface area (Å²) in [6.45, 7) is 0. The Hall–Kier alpha value is -1.97. The maximum Gasteiger partial charge on any atom is 0.534 e. The Bertz CT molecular complexity index is 608. The van der Waals surface area contributed by atoms with E-state index in [-0.39, 0.29) is 17.8 Å². The van der Waals surface area contributed by atoms with Gasteiger partial charge in [-0.3, -0.25) is 4.79 Å². The van der Waals surface area contributed by atoms with Crippen LogP contribution in [0.25, 0.3) is 0 Å². The van der Waals surface area contributed by atoms with Crippen LogP contribution in [-0.2, 0) is 10.1 Å². The van der Waals surface area contributed by atoms with Crippen LogP contribution in [0.15, 0.2) is 12.1 Å². The van der Waals surface area contributed by atoms with Crippen LogP contribution in [0.3, 0.4) is 0 Å². The molecule has 0 aliphatic carbocycles. The van der Waals surface area contributed by atoms with Crippen molar-refractivity contribution in [2.24, 2.45) is 0 Å². The van der Waals surface area contributed by atoms with Crippen LogP contribution in [0, 0.1) is 0 Å². The second-order valence-corrected chi connectivity index (χ2v) is 4.85. The van der Waals surface area contributed by atoms with E-state index in [4.69, 9.17) is 9.47 Å². The zero-order valence-electron chi connectivity index (χ0n) is 10.2. The molecule has 0 saturated heterocycles. The highest BCUT2D eigenvalue weighted by molar-refractivity contribution is 7.88. The van der Waals surface area contributed by atoms with Gasteiger partial charge < -0.3 is 13.7 Å². The number of aldehydes is 1. The smallest absolute Gasteiger partial charge is 0.493 e. The van der Waals surface area contributed by atoms with Gasteiger partial charge in [-0.1, -0.05) is 0 Å². The fourth-order valence-corrected chi connectivity index (χ4v) is 1.76. The van der Waals surface area contributed by atoms with Crippen molar-refractivity contribution in [2.75, 3.05) is 14.2 Å². The molecule has 0 saturated carbocycles. The van der Waals surface area contributed by atoms with Crippen LogP contribution >= 0.6 is 0 Å². The molecule has 0 radical (unpaired) electrons. The number of alkyl halides is 3. The molecule has 0 heterocycles. The molecular formula is C10H9F3O6S. The fourth-order valence-electron chi connectivity index (χ4n) is 1.28. The minimum atomic E-state index is -5.88. The average Bonchev–Trinajstić information content (AvgIpc) is 2.36. The number of methoxy groups -OCH3 is 2. The van der Waals surface area contributed by atoms with E-state index in [1.54, 1.807) is 0 Å². The van der Waals surface area contributed by atoms with E-state index in [0.29, 0.717) is 0 Å². The van der Waals surface area contributed by atoms with Gasteiger partial charge in [0.15, 0.2) is 23.5 Å². The summed E-state index contributed by atoms with van der Waals surface area (Å²) in [6.07, 6.45) is 0.0998. The summed E-state index contributed by atoms with van der Waals surface area (Å²) >= 11 is 0. The molecule has 1 aromatic carbocycles. The van der Waals surface area contributed by atoms with Crippen LogP contribution in [0.4, 0.5) is 13.2 Å². The average molecular weight is 314 g/mol. The van der Waals surface area contributed by atoms with E-state index >= 15 is 0 Å². The largest absolute Gasteiger partial charge is 0.534 e. The summed E-state index contributed by atoms with van der Waals surface area (Å²) in [6, 6.07) is 1.96. The molecule has 6 nitrogen and oxygen atoms in total. The van der Waals surface area contributed by atoms with Crippen molar-refractivity contribution >= 4 is 16.4 Å². The van der Waals surface area contributed by atoms with E-state index in [1.165, 1.54) is 7.11 Å². The van der Waals surface area contributed by atoms with Crippen molar-refractivity contribution in [1.29, 1.82) is 0 Å². The van der Waals surface area contributed by atoms with Gasteiger partial charge in [-0.05, 0) is 12.1 Å².